The summed E-state index contributed by atoms with van der Waals surface area (Å²) in [5.74, 6) is -0.541. The van der Waals surface area contributed by atoms with E-state index in [1.54, 1.807) is 18.2 Å². The van der Waals surface area contributed by atoms with Crippen molar-refractivity contribution in [1.29, 1.82) is 0 Å². The van der Waals surface area contributed by atoms with Crippen molar-refractivity contribution in [1.82, 2.24) is 0 Å². The van der Waals surface area contributed by atoms with Gasteiger partial charge in [0.15, 0.2) is 17.9 Å². The van der Waals surface area contributed by atoms with E-state index in [4.69, 9.17) is 0 Å². The number of benzene rings is 1. The highest BCUT2D eigenvalue weighted by Crippen LogP contribution is 2.26. The summed E-state index contributed by atoms with van der Waals surface area (Å²) in [6, 6.07) is 2.88. The predicted octanol–water partition coefficient (Wildman–Crippen LogP) is 3.78. The second-order valence-corrected chi connectivity index (χ2v) is 5.12. The Balaban J connectivity index is 2.38. The smallest absolute Gasteiger partial charge is 0.193 e. The van der Waals surface area contributed by atoms with E-state index < -0.39 is 0 Å². The van der Waals surface area contributed by atoms with Crippen LogP contribution in [0.1, 0.15) is 38.0 Å². The van der Waals surface area contributed by atoms with Gasteiger partial charge in [-0.05, 0) is 25.1 Å². The molecule has 0 unspecified atom stereocenters. The third kappa shape index (κ3) is 3.23. The van der Waals surface area contributed by atoms with Gasteiger partial charge in [-0.15, -0.1) is 12.6 Å². The number of ketones is 2. The van der Waals surface area contributed by atoms with Gasteiger partial charge in [0.05, 0.1) is 0 Å². The molecule has 0 fully saturated rings. The second kappa shape index (κ2) is 7.00. The van der Waals surface area contributed by atoms with Crippen LogP contribution in [-0.4, -0.2) is 17.9 Å². The lowest BCUT2D eigenvalue weighted by molar-refractivity contribution is 0.0986. The van der Waals surface area contributed by atoms with Crippen LogP contribution in [0.3, 0.4) is 0 Å². The third-order valence-corrected chi connectivity index (χ3v) is 3.54. The van der Waals surface area contributed by atoms with Gasteiger partial charge in [-0.3, -0.25) is 14.4 Å². The Morgan fingerprint density at radius 2 is 1.73 bits per heavy atom. The van der Waals surface area contributed by atoms with E-state index in [-0.39, 0.29) is 22.7 Å². The molecule has 0 heterocycles. The van der Waals surface area contributed by atoms with Crippen LogP contribution in [-0.2, 0) is 0 Å². The van der Waals surface area contributed by atoms with Crippen molar-refractivity contribution >= 4 is 30.5 Å². The van der Waals surface area contributed by atoms with Crippen LogP contribution in [0.25, 0.3) is 0 Å². The number of allylic oxidation sites excluding steroid dienone is 8. The van der Waals surface area contributed by atoms with Crippen molar-refractivity contribution in [3.05, 3.63) is 76.9 Å². The number of hydrogen-bond acceptors (Lipinski definition) is 4. The fraction of sp³-hybridized carbons (Fsp3) is 0.0556. The Morgan fingerprint density at radius 1 is 1.00 bits per heavy atom. The number of rotatable bonds is 4. The van der Waals surface area contributed by atoms with Gasteiger partial charge in [-0.1, -0.05) is 36.5 Å². The molecule has 1 aromatic carbocycles. The molecule has 110 valence electrons. The van der Waals surface area contributed by atoms with Gasteiger partial charge < -0.3 is 0 Å². The first-order chi connectivity index (χ1) is 10.6. The van der Waals surface area contributed by atoms with Crippen molar-refractivity contribution in [3.8, 4) is 0 Å². The first-order valence-corrected chi connectivity index (χ1v) is 7.12. The highest BCUT2D eigenvalue weighted by atomic mass is 32.1. The molecule has 0 spiro atoms. The van der Waals surface area contributed by atoms with Crippen molar-refractivity contribution in [2.45, 2.75) is 11.8 Å². The van der Waals surface area contributed by atoms with Crippen molar-refractivity contribution < 1.29 is 14.4 Å². The number of carbonyl (C=O) groups excluding carboxylic acids is 3. The second-order valence-electron chi connectivity index (χ2n) is 4.64. The van der Waals surface area contributed by atoms with Crippen LogP contribution in [0.4, 0.5) is 0 Å². The molecular formula is C18H14O3S. The lowest BCUT2D eigenvalue weighted by atomic mass is 9.88. The van der Waals surface area contributed by atoms with Gasteiger partial charge in [0.1, 0.15) is 0 Å². The van der Waals surface area contributed by atoms with Crippen LogP contribution >= 0.6 is 12.6 Å². The Hall–Kier alpha value is -2.46. The van der Waals surface area contributed by atoms with Crippen LogP contribution in [0.5, 0.6) is 0 Å². The quantitative estimate of drug-likeness (QED) is 0.523. The molecule has 0 bridgehead atoms. The number of aldehydes is 1. The predicted molar refractivity (Wildman–Crippen MR) is 88.9 cm³/mol. The van der Waals surface area contributed by atoms with Gasteiger partial charge >= 0.3 is 0 Å². The molecule has 1 aliphatic rings. The number of carbonyl (C=O) groups is 3. The Labute approximate surface area is 134 Å². The first-order valence-electron chi connectivity index (χ1n) is 6.67. The highest BCUT2D eigenvalue weighted by molar-refractivity contribution is 7.80. The average molecular weight is 310 g/mol. The standard InChI is InChI=1S/C18H14O3S/c1-2-3-4-5-6-7-12-9-16(20)14-10-17(22)13(11-19)8-15(14)18(12)21/h2-11,22H,1H3. The zero-order chi connectivity index (χ0) is 16.1. The maximum Gasteiger partial charge on any atom is 0.193 e. The Morgan fingerprint density at radius 3 is 2.41 bits per heavy atom. The van der Waals surface area contributed by atoms with E-state index in [1.807, 2.05) is 25.2 Å². The number of hydrogen-bond donors (Lipinski definition) is 1. The molecule has 22 heavy (non-hydrogen) atoms. The average Bonchev–Trinajstić information content (AvgIpc) is 2.51. The lowest BCUT2D eigenvalue weighted by Crippen LogP contribution is -2.16. The molecule has 4 heteroatoms. The van der Waals surface area contributed by atoms with Crippen molar-refractivity contribution in [2.75, 3.05) is 0 Å². The summed E-state index contributed by atoms with van der Waals surface area (Å²) in [6.45, 7) is 1.90. The largest absolute Gasteiger partial charge is 0.298 e. The van der Waals surface area contributed by atoms with Crippen LogP contribution < -0.4 is 0 Å². The minimum atomic E-state index is -0.276. The normalized spacial score (nSPS) is 14.9. The van der Waals surface area contributed by atoms with Gasteiger partial charge in [0.2, 0.25) is 0 Å². The highest BCUT2D eigenvalue weighted by Gasteiger charge is 2.25. The fourth-order valence-electron chi connectivity index (χ4n) is 2.05. The SMILES string of the molecule is CC=CC=CC=CC1=CC(=O)c2cc(S)c(C=O)cc2C1=O. The lowest BCUT2D eigenvalue weighted by Gasteiger charge is -2.14. The summed E-state index contributed by atoms with van der Waals surface area (Å²) in [5.41, 5.74) is 1.11. The van der Waals surface area contributed by atoms with Gasteiger partial charge in [0, 0.05) is 27.2 Å². The monoisotopic (exact) mass is 310 g/mol. The fourth-order valence-corrected chi connectivity index (χ4v) is 2.30. The molecule has 3 nitrogen and oxygen atoms in total. The molecular weight excluding hydrogens is 296 g/mol. The summed E-state index contributed by atoms with van der Waals surface area (Å²) >= 11 is 4.15. The molecule has 0 saturated carbocycles. The summed E-state index contributed by atoms with van der Waals surface area (Å²) < 4.78 is 0. The molecule has 1 aliphatic carbocycles. The Bertz CT molecular complexity index is 765. The summed E-state index contributed by atoms with van der Waals surface area (Å²) in [7, 11) is 0. The molecule has 0 radical (unpaired) electrons. The molecule has 1 aromatic rings. The molecule has 0 saturated heterocycles. The topological polar surface area (TPSA) is 51.2 Å². The van der Waals surface area contributed by atoms with Gasteiger partial charge in [-0.25, -0.2) is 0 Å². The maximum atomic E-state index is 12.4. The summed E-state index contributed by atoms with van der Waals surface area (Å²) in [5, 5.41) is 0. The molecule has 0 aliphatic heterocycles. The molecule has 0 amide bonds. The van der Waals surface area contributed by atoms with E-state index in [0.717, 1.165) is 0 Å². The zero-order valence-corrected chi connectivity index (χ0v) is 12.8. The van der Waals surface area contributed by atoms with E-state index in [2.05, 4.69) is 12.6 Å². The van der Waals surface area contributed by atoms with Crippen LogP contribution in [0.2, 0.25) is 0 Å². The molecule has 0 aromatic heterocycles. The summed E-state index contributed by atoms with van der Waals surface area (Å²) in [6.07, 6.45) is 12.5. The minimum absolute atomic E-state index is 0.240. The van der Waals surface area contributed by atoms with Crippen molar-refractivity contribution in [2.24, 2.45) is 0 Å². The van der Waals surface area contributed by atoms with Gasteiger partial charge in [0.25, 0.3) is 0 Å². The first kappa shape index (κ1) is 15.9. The Kier molecular flexibility index (Phi) is 5.07. The molecule has 0 N–H and O–H groups in total. The number of Topliss-reactive ketones (excluding diaryl/α,β-unsaturated/α-hetero) is 1. The van der Waals surface area contributed by atoms with Crippen molar-refractivity contribution in [3.63, 3.8) is 0 Å². The van der Waals surface area contributed by atoms with E-state index in [9.17, 15) is 14.4 Å². The molecule has 2 rings (SSSR count). The summed E-state index contributed by atoms with van der Waals surface area (Å²) in [4.78, 5) is 35.9. The zero-order valence-electron chi connectivity index (χ0n) is 11.9. The van der Waals surface area contributed by atoms with Crippen LogP contribution in [0.15, 0.2) is 65.1 Å². The minimum Gasteiger partial charge on any atom is -0.298 e. The third-order valence-electron chi connectivity index (χ3n) is 3.15. The van der Waals surface area contributed by atoms with E-state index >= 15 is 0 Å². The van der Waals surface area contributed by atoms with E-state index in [1.165, 1.54) is 18.2 Å². The van der Waals surface area contributed by atoms with E-state index in [0.29, 0.717) is 22.3 Å². The number of thiol groups is 1. The maximum absolute atomic E-state index is 12.4. The van der Waals surface area contributed by atoms with Crippen LogP contribution in [0, 0.1) is 0 Å². The molecule has 0 atom stereocenters. The van der Waals surface area contributed by atoms with Gasteiger partial charge in [-0.2, -0.15) is 0 Å². The number of fused-ring (bicyclic) bond motifs is 1.